The molecular formula is C13H21NOS2. The highest BCUT2D eigenvalue weighted by molar-refractivity contribution is 7.88. The lowest BCUT2D eigenvalue weighted by Crippen LogP contribution is -2.45. The van der Waals surface area contributed by atoms with E-state index in [-0.39, 0.29) is 5.25 Å². The molecule has 0 aromatic carbocycles. The van der Waals surface area contributed by atoms with Crippen LogP contribution in [0.3, 0.4) is 0 Å². The third kappa shape index (κ3) is 3.18. The largest absolute Gasteiger partial charge is 0.313 e. The molecule has 0 bridgehead atoms. The van der Waals surface area contributed by atoms with Crippen molar-refractivity contribution in [1.29, 1.82) is 0 Å². The van der Waals surface area contributed by atoms with Crippen LogP contribution in [0.2, 0.25) is 0 Å². The summed E-state index contributed by atoms with van der Waals surface area (Å²) in [6, 6.07) is 4.43. The highest BCUT2D eigenvalue weighted by Gasteiger charge is 2.33. The van der Waals surface area contributed by atoms with Crippen LogP contribution >= 0.6 is 11.3 Å². The van der Waals surface area contributed by atoms with Gasteiger partial charge in [-0.25, -0.2) is 0 Å². The molecule has 4 heteroatoms. The Morgan fingerprint density at radius 1 is 1.53 bits per heavy atom. The first-order valence-electron chi connectivity index (χ1n) is 6.39. The van der Waals surface area contributed by atoms with Crippen LogP contribution in [0.4, 0.5) is 0 Å². The molecule has 0 amide bonds. The van der Waals surface area contributed by atoms with E-state index in [1.807, 2.05) is 17.5 Å². The number of hydrogen-bond acceptors (Lipinski definition) is 3. The average molecular weight is 271 g/mol. The molecule has 1 aromatic heterocycles. The van der Waals surface area contributed by atoms with Crippen molar-refractivity contribution < 1.29 is 4.21 Å². The Hall–Kier alpha value is -0.190. The van der Waals surface area contributed by atoms with Gasteiger partial charge in [0.25, 0.3) is 0 Å². The first kappa shape index (κ1) is 13.2. The summed E-state index contributed by atoms with van der Waals surface area (Å²) in [5.41, 5.74) is 0. The van der Waals surface area contributed by atoms with Crippen molar-refractivity contribution in [2.24, 2.45) is 5.92 Å². The molecule has 1 aliphatic carbocycles. The van der Waals surface area contributed by atoms with Gasteiger partial charge >= 0.3 is 0 Å². The Bertz CT molecular complexity index is 364. The molecule has 1 heterocycles. The Labute approximate surface area is 110 Å². The van der Waals surface area contributed by atoms with Gasteiger partial charge in [0.05, 0.1) is 20.3 Å². The molecule has 0 radical (unpaired) electrons. The number of rotatable bonds is 4. The Kier molecular flexibility index (Phi) is 4.77. The second kappa shape index (κ2) is 6.12. The van der Waals surface area contributed by atoms with E-state index in [2.05, 4.69) is 19.2 Å². The standard InChI is InChI=1S/C13H21NOS2/c1-3-14-11-7-6-10(2)9-12(11)17(15)13-5-4-8-16-13/h4-5,8,10-12,14H,3,6-7,9H2,1-2H3. The SMILES string of the molecule is CCNC1CCC(C)CC1S(=O)c1cccs1. The average Bonchev–Trinajstić information content (AvgIpc) is 2.84. The molecule has 1 N–H and O–H groups in total. The summed E-state index contributed by atoms with van der Waals surface area (Å²) in [6.45, 7) is 5.38. The Morgan fingerprint density at radius 2 is 2.35 bits per heavy atom. The molecule has 2 nitrogen and oxygen atoms in total. The zero-order chi connectivity index (χ0) is 12.3. The molecule has 96 valence electrons. The van der Waals surface area contributed by atoms with E-state index in [0.29, 0.717) is 12.0 Å². The summed E-state index contributed by atoms with van der Waals surface area (Å²) in [7, 11) is -0.835. The van der Waals surface area contributed by atoms with Crippen LogP contribution in [0.25, 0.3) is 0 Å². The summed E-state index contributed by atoms with van der Waals surface area (Å²) in [5.74, 6) is 0.707. The first-order chi connectivity index (χ1) is 8.22. The van der Waals surface area contributed by atoms with Gasteiger partial charge in [-0.1, -0.05) is 19.9 Å². The van der Waals surface area contributed by atoms with Gasteiger partial charge in [-0.15, -0.1) is 11.3 Å². The van der Waals surface area contributed by atoms with E-state index in [1.165, 1.54) is 6.42 Å². The first-order valence-corrected chi connectivity index (χ1v) is 8.49. The van der Waals surface area contributed by atoms with Crippen molar-refractivity contribution in [1.82, 2.24) is 5.32 Å². The minimum Gasteiger partial charge on any atom is -0.313 e. The lowest BCUT2D eigenvalue weighted by molar-refractivity contribution is 0.317. The van der Waals surface area contributed by atoms with Crippen molar-refractivity contribution in [3.05, 3.63) is 17.5 Å². The van der Waals surface area contributed by atoms with E-state index in [1.54, 1.807) is 11.3 Å². The van der Waals surface area contributed by atoms with E-state index in [9.17, 15) is 4.21 Å². The summed E-state index contributed by atoms with van der Waals surface area (Å²) in [5, 5.41) is 5.81. The summed E-state index contributed by atoms with van der Waals surface area (Å²) < 4.78 is 13.6. The van der Waals surface area contributed by atoms with Crippen LogP contribution in [-0.4, -0.2) is 22.0 Å². The van der Waals surface area contributed by atoms with Gasteiger partial charge in [0.15, 0.2) is 0 Å². The molecule has 1 fully saturated rings. The molecular weight excluding hydrogens is 250 g/mol. The van der Waals surface area contributed by atoms with Crippen LogP contribution in [-0.2, 0) is 10.8 Å². The minimum atomic E-state index is -0.835. The van der Waals surface area contributed by atoms with Crippen molar-refractivity contribution >= 4 is 22.1 Å². The molecule has 0 aliphatic heterocycles. The van der Waals surface area contributed by atoms with Crippen LogP contribution in [0.15, 0.2) is 21.7 Å². The van der Waals surface area contributed by atoms with Gasteiger partial charge in [-0.05, 0) is 43.2 Å². The zero-order valence-electron chi connectivity index (χ0n) is 10.5. The molecule has 4 atom stereocenters. The molecule has 1 aromatic rings. The van der Waals surface area contributed by atoms with Crippen LogP contribution in [0.1, 0.15) is 33.1 Å². The Balaban J connectivity index is 2.11. The van der Waals surface area contributed by atoms with E-state index in [4.69, 9.17) is 0 Å². The number of hydrogen-bond donors (Lipinski definition) is 1. The third-order valence-corrected chi connectivity index (χ3v) is 6.54. The van der Waals surface area contributed by atoms with Crippen molar-refractivity contribution in [3.8, 4) is 0 Å². The molecule has 1 saturated carbocycles. The smallest absolute Gasteiger partial charge is 0.0914 e. The maximum atomic E-state index is 12.6. The predicted molar refractivity (Wildman–Crippen MR) is 75.0 cm³/mol. The monoisotopic (exact) mass is 271 g/mol. The molecule has 0 spiro atoms. The highest BCUT2D eigenvalue weighted by Crippen LogP contribution is 2.31. The number of thiophene rings is 1. The molecule has 2 rings (SSSR count). The summed E-state index contributed by atoms with van der Waals surface area (Å²) in [6.07, 6.45) is 3.51. The molecule has 0 saturated heterocycles. The normalized spacial score (nSPS) is 31.3. The molecule has 1 aliphatic rings. The van der Waals surface area contributed by atoms with E-state index < -0.39 is 10.8 Å². The lowest BCUT2D eigenvalue weighted by Gasteiger charge is -2.34. The van der Waals surface area contributed by atoms with Gasteiger partial charge in [0.1, 0.15) is 0 Å². The topological polar surface area (TPSA) is 29.1 Å². The maximum absolute atomic E-state index is 12.6. The van der Waals surface area contributed by atoms with Crippen LogP contribution in [0, 0.1) is 5.92 Å². The highest BCUT2D eigenvalue weighted by atomic mass is 32.2. The second-order valence-corrected chi connectivity index (χ2v) is 7.70. The van der Waals surface area contributed by atoms with Crippen molar-refractivity contribution in [2.45, 2.75) is 48.6 Å². The van der Waals surface area contributed by atoms with Gasteiger partial charge in [-0.2, -0.15) is 0 Å². The second-order valence-electron chi connectivity index (χ2n) is 4.85. The third-order valence-electron chi connectivity index (χ3n) is 3.49. The quantitative estimate of drug-likeness (QED) is 0.912. The lowest BCUT2D eigenvalue weighted by atomic mass is 9.87. The van der Waals surface area contributed by atoms with Crippen molar-refractivity contribution in [2.75, 3.05) is 6.54 Å². The van der Waals surface area contributed by atoms with Crippen molar-refractivity contribution in [3.63, 3.8) is 0 Å². The van der Waals surface area contributed by atoms with E-state index in [0.717, 1.165) is 23.6 Å². The zero-order valence-corrected chi connectivity index (χ0v) is 12.2. The summed E-state index contributed by atoms with van der Waals surface area (Å²) >= 11 is 1.62. The van der Waals surface area contributed by atoms with Crippen LogP contribution in [0.5, 0.6) is 0 Å². The fraction of sp³-hybridized carbons (Fsp3) is 0.692. The molecule has 17 heavy (non-hydrogen) atoms. The maximum Gasteiger partial charge on any atom is 0.0914 e. The van der Waals surface area contributed by atoms with Gasteiger partial charge in [0, 0.05) is 6.04 Å². The predicted octanol–water partition coefficient (Wildman–Crippen LogP) is 3.02. The van der Waals surface area contributed by atoms with E-state index >= 15 is 0 Å². The summed E-state index contributed by atoms with van der Waals surface area (Å²) in [4.78, 5) is 0. The number of nitrogens with one attached hydrogen (secondary N) is 1. The van der Waals surface area contributed by atoms with Gasteiger partial charge < -0.3 is 5.32 Å². The van der Waals surface area contributed by atoms with Gasteiger partial charge in [0.2, 0.25) is 0 Å². The fourth-order valence-corrected chi connectivity index (χ4v) is 5.50. The van der Waals surface area contributed by atoms with Crippen LogP contribution < -0.4 is 5.32 Å². The molecule has 4 unspecified atom stereocenters. The Morgan fingerprint density at radius 3 is 3.00 bits per heavy atom. The van der Waals surface area contributed by atoms with Gasteiger partial charge in [-0.3, -0.25) is 4.21 Å². The minimum absolute atomic E-state index is 0.289. The fourth-order valence-electron chi connectivity index (χ4n) is 2.59.